The highest BCUT2D eigenvalue weighted by Gasteiger charge is 2.15. The summed E-state index contributed by atoms with van der Waals surface area (Å²) in [6, 6.07) is 17.6. The zero-order chi connectivity index (χ0) is 19.9. The van der Waals surface area contributed by atoms with Crippen LogP contribution in [0.5, 0.6) is 0 Å². The number of hydrogen-bond acceptors (Lipinski definition) is 3. The lowest BCUT2D eigenvalue weighted by Crippen LogP contribution is -2.34. The van der Waals surface area contributed by atoms with Gasteiger partial charge in [0.1, 0.15) is 11.5 Å². The molecule has 0 bridgehead atoms. The van der Waals surface area contributed by atoms with Gasteiger partial charge in [-0.1, -0.05) is 41.4 Å². The molecule has 1 heterocycles. The van der Waals surface area contributed by atoms with Crippen molar-refractivity contribution in [2.45, 2.75) is 13.5 Å². The second-order valence-corrected chi connectivity index (χ2v) is 6.63. The van der Waals surface area contributed by atoms with Crippen molar-refractivity contribution in [3.63, 3.8) is 0 Å². The second kappa shape index (κ2) is 9.06. The summed E-state index contributed by atoms with van der Waals surface area (Å²) < 4.78 is 5.22. The molecule has 0 saturated carbocycles. The van der Waals surface area contributed by atoms with E-state index in [1.165, 1.54) is 6.26 Å². The highest BCUT2D eigenvalue weighted by Crippen LogP contribution is 2.13. The van der Waals surface area contributed by atoms with Crippen LogP contribution >= 0.6 is 11.6 Å². The molecule has 0 saturated heterocycles. The van der Waals surface area contributed by atoms with Crippen molar-refractivity contribution >= 4 is 29.5 Å². The summed E-state index contributed by atoms with van der Waals surface area (Å²) in [7, 11) is 0. The monoisotopic (exact) mass is 394 g/mol. The molecule has 1 aromatic heterocycles. The van der Waals surface area contributed by atoms with Gasteiger partial charge in [-0.25, -0.2) is 0 Å². The van der Waals surface area contributed by atoms with E-state index in [4.69, 9.17) is 16.0 Å². The first-order chi connectivity index (χ1) is 13.5. The number of aryl methyl sites for hydroxylation is 1. The molecule has 2 amide bonds. The van der Waals surface area contributed by atoms with Gasteiger partial charge < -0.3 is 15.1 Å². The Bertz CT molecular complexity index is 976. The Labute approximate surface area is 168 Å². The molecule has 0 aliphatic rings. The average molecular weight is 395 g/mol. The van der Waals surface area contributed by atoms with E-state index >= 15 is 0 Å². The van der Waals surface area contributed by atoms with Crippen molar-refractivity contribution in [1.82, 2.24) is 10.6 Å². The van der Waals surface area contributed by atoms with Crippen LogP contribution in [-0.4, -0.2) is 11.8 Å². The van der Waals surface area contributed by atoms with E-state index in [0.717, 1.165) is 11.1 Å². The highest BCUT2D eigenvalue weighted by molar-refractivity contribution is 6.30. The van der Waals surface area contributed by atoms with Crippen molar-refractivity contribution < 1.29 is 14.0 Å². The zero-order valence-electron chi connectivity index (χ0n) is 15.2. The number of nitrogens with one attached hydrogen (secondary N) is 2. The van der Waals surface area contributed by atoms with E-state index in [2.05, 4.69) is 10.6 Å². The fourth-order valence-electron chi connectivity index (χ4n) is 2.46. The van der Waals surface area contributed by atoms with E-state index in [1.54, 1.807) is 54.6 Å². The standard InChI is InChI=1S/C22H19ClN2O3/c1-15-4-8-17(9-5-15)21(26)25-20(13-16-6-10-18(23)11-7-16)22(27)24-14-19-3-2-12-28-19/h2-13H,14H2,1H3,(H,24,27)(H,25,26)/b20-13-. The van der Waals surface area contributed by atoms with Crippen LogP contribution in [0.3, 0.4) is 0 Å². The molecule has 0 unspecified atom stereocenters. The van der Waals surface area contributed by atoms with Crippen molar-refractivity contribution in [2.24, 2.45) is 0 Å². The number of amides is 2. The number of hydrogen-bond donors (Lipinski definition) is 2. The summed E-state index contributed by atoms with van der Waals surface area (Å²) in [6.07, 6.45) is 3.13. The summed E-state index contributed by atoms with van der Waals surface area (Å²) >= 11 is 5.91. The first kappa shape index (κ1) is 19.5. The van der Waals surface area contributed by atoms with Crippen molar-refractivity contribution in [2.75, 3.05) is 0 Å². The maximum Gasteiger partial charge on any atom is 0.268 e. The maximum atomic E-state index is 12.7. The van der Waals surface area contributed by atoms with E-state index in [0.29, 0.717) is 16.3 Å². The summed E-state index contributed by atoms with van der Waals surface area (Å²) in [5.41, 5.74) is 2.37. The van der Waals surface area contributed by atoms with Gasteiger partial charge in [-0.05, 0) is 55.0 Å². The van der Waals surface area contributed by atoms with Crippen LogP contribution < -0.4 is 10.6 Å². The fourth-order valence-corrected chi connectivity index (χ4v) is 2.59. The van der Waals surface area contributed by atoms with E-state index in [-0.39, 0.29) is 18.1 Å². The van der Waals surface area contributed by atoms with Crippen LogP contribution in [0, 0.1) is 6.92 Å². The molecule has 0 atom stereocenters. The van der Waals surface area contributed by atoms with Gasteiger partial charge in [-0.15, -0.1) is 0 Å². The molecule has 2 aromatic carbocycles. The van der Waals surface area contributed by atoms with Gasteiger partial charge in [0.25, 0.3) is 11.8 Å². The van der Waals surface area contributed by atoms with Crippen molar-refractivity contribution in [3.8, 4) is 0 Å². The molecule has 3 rings (SSSR count). The number of furan rings is 1. The minimum atomic E-state index is -0.424. The molecule has 0 spiro atoms. The van der Waals surface area contributed by atoms with Gasteiger partial charge in [0.05, 0.1) is 12.8 Å². The Hall–Kier alpha value is -3.31. The van der Waals surface area contributed by atoms with Gasteiger partial charge in [-0.3, -0.25) is 9.59 Å². The molecule has 3 aromatic rings. The molecule has 142 valence electrons. The first-order valence-electron chi connectivity index (χ1n) is 8.67. The van der Waals surface area contributed by atoms with E-state index in [1.807, 2.05) is 19.1 Å². The minimum Gasteiger partial charge on any atom is -0.467 e. The summed E-state index contributed by atoms with van der Waals surface area (Å²) in [5.74, 6) is -0.177. The quantitative estimate of drug-likeness (QED) is 0.611. The molecule has 0 aliphatic carbocycles. The lowest BCUT2D eigenvalue weighted by atomic mass is 10.1. The minimum absolute atomic E-state index is 0.124. The van der Waals surface area contributed by atoms with Crippen molar-refractivity contribution in [1.29, 1.82) is 0 Å². The Balaban J connectivity index is 1.80. The van der Waals surface area contributed by atoms with E-state index < -0.39 is 5.91 Å². The predicted molar refractivity (Wildman–Crippen MR) is 109 cm³/mol. The summed E-state index contributed by atoms with van der Waals surface area (Å²) in [6.45, 7) is 2.15. The number of benzene rings is 2. The number of halogens is 1. The lowest BCUT2D eigenvalue weighted by molar-refractivity contribution is -0.118. The van der Waals surface area contributed by atoms with Crippen LogP contribution in [0.4, 0.5) is 0 Å². The summed E-state index contributed by atoms with van der Waals surface area (Å²) in [5, 5.41) is 6.02. The van der Waals surface area contributed by atoms with Gasteiger partial charge in [0.2, 0.25) is 0 Å². The molecular formula is C22H19ClN2O3. The number of carbonyl (C=O) groups is 2. The third-order valence-corrected chi connectivity index (χ3v) is 4.24. The van der Waals surface area contributed by atoms with Crippen LogP contribution in [0.25, 0.3) is 6.08 Å². The van der Waals surface area contributed by atoms with E-state index in [9.17, 15) is 9.59 Å². The Morgan fingerprint density at radius 2 is 1.75 bits per heavy atom. The molecule has 0 fully saturated rings. The van der Waals surface area contributed by atoms with Gasteiger partial charge in [0, 0.05) is 10.6 Å². The lowest BCUT2D eigenvalue weighted by Gasteiger charge is -2.11. The van der Waals surface area contributed by atoms with Crippen molar-refractivity contribution in [3.05, 3.63) is 100 Å². The highest BCUT2D eigenvalue weighted by atomic mass is 35.5. The normalized spacial score (nSPS) is 11.1. The maximum absolute atomic E-state index is 12.7. The third-order valence-electron chi connectivity index (χ3n) is 3.99. The Morgan fingerprint density at radius 3 is 2.39 bits per heavy atom. The number of rotatable bonds is 6. The van der Waals surface area contributed by atoms with Crippen LogP contribution in [0.15, 0.2) is 77.0 Å². The third kappa shape index (κ3) is 5.34. The topological polar surface area (TPSA) is 71.3 Å². The first-order valence-corrected chi connectivity index (χ1v) is 9.05. The van der Waals surface area contributed by atoms with Gasteiger partial charge in [-0.2, -0.15) is 0 Å². The molecular weight excluding hydrogens is 376 g/mol. The number of carbonyl (C=O) groups excluding carboxylic acids is 2. The van der Waals surface area contributed by atoms with Crippen LogP contribution in [0.1, 0.15) is 27.2 Å². The fraction of sp³-hybridized carbons (Fsp3) is 0.0909. The second-order valence-electron chi connectivity index (χ2n) is 6.19. The largest absolute Gasteiger partial charge is 0.467 e. The molecule has 6 heteroatoms. The van der Waals surface area contributed by atoms with Crippen LogP contribution in [-0.2, 0) is 11.3 Å². The molecule has 5 nitrogen and oxygen atoms in total. The van der Waals surface area contributed by atoms with Crippen LogP contribution in [0.2, 0.25) is 5.02 Å². The molecule has 2 N–H and O–H groups in total. The molecule has 0 aliphatic heterocycles. The smallest absolute Gasteiger partial charge is 0.268 e. The zero-order valence-corrected chi connectivity index (χ0v) is 16.0. The predicted octanol–water partition coefficient (Wildman–Crippen LogP) is 4.33. The Morgan fingerprint density at radius 1 is 1.04 bits per heavy atom. The van der Waals surface area contributed by atoms with Gasteiger partial charge >= 0.3 is 0 Å². The van der Waals surface area contributed by atoms with Gasteiger partial charge in [0.15, 0.2) is 0 Å². The summed E-state index contributed by atoms with van der Waals surface area (Å²) in [4.78, 5) is 25.2. The SMILES string of the molecule is Cc1ccc(C(=O)N/C(=C\c2ccc(Cl)cc2)C(=O)NCc2ccco2)cc1. The Kier molecular flexibility index (Phi) is 6.29. The average Bonchev–Trinajstić information content (AvgIpc) is 3.21. The molecule has 28 heavy (non-hydrogen) atoms. The molecule has 0 radical (unpaired) electrons.